The zero-order valence-corrected chi connectivity index (χ0v) is 15.8. The highest BCUT2D eigenvalue weighted by molar-refractivity contribution is 6.30. The van der Waals surface area contributed by atoms with Gasteiger partial charge in [0.2, 0.25) is 0 Å². The second-order valence-electron chi connectivity index (χ2n) is 5.92. The van der Waals surface area contributed by atoms with Crippen molar-refractivity contribution in [1.82, 2.24) is 15.8 Å². The van der Waals surface area contributed by atoms with E-state index in [-0.39, 0.29) is 5.69 Å². The number of hydrogen-bond acceptors (Lipinski definition) is 5. The Morgan fingerprint density at radius 3 is 2.37 bits per heavy atom. The van der Waals surface area contributed by atoms with E-state index >= 15 is 0 Å². The van der Waals surface area contributed by atoms with E-state index in [0.29, 0.717) is 27.4 Å². The molecule has 1 aromatic heterocycles. The normalized spacial score (nSPS) is 11.6. The van der Waals surface area contributed by atoms with E-state index in [9.17, 15) is 19.5 Å². The average Bonchev–Trinajstić information content (AvgIpc) is 2.92. The summed E-state index contributed by atoms with van der Waals surface area (Å²) in [6, 6.07) is 6.09. The molecule has 9 heteroatoms. The SMILES string of the molecule is Cc1[nH]c(C(=O)OCC(=O)NNC(=O)c2ccc(Cl)cc2)c(C)c1[C@H](C)O. The monoisotopic (exact) mass is 393 g/mol. The molecule has 4 N–H and O–H groups in total. The van der Waals surface area contributed by atoms with E-state index < -0.39 is 30.5 Å². The molecule has 8 nitrogen and oxygen atoms in total. The Morgan fingerprint density at radius 1 is 1.19 bits per heavy atom. The van der Waals surface area contributed by atoms with Gasteiger partial charge in [-0.2, -0.15) is 0 Å². The van der Waals surface area contributed by atoms with Crippen LogP contribution in [0.4, 0.5) is 0 Å². The number of H-pyrrole nitrogens is 1. The Morgan fingerprint density at radius 2 is 1.81 bits per heavy atom. The first-order valence-corrected chi connectivity index (χ1v) is 8.47. The number of esters is 1. The number of nitrogens with one attached hydrogen (secondary N) is 3. The molecule has 2 amide bonds. The van der Waals surface area contributed by atoms with Crippen molar-refractivity contribution in [1.29, 1.82) is 0 Å². The number of aromatic amines is 1. The van der Waals surface area contributed by atoms with E-state index in [2.05, 4.69) is 15.8 Å². The Hall–Kier alpha value is -2.84. The molecule has 0 aliphatic carbocycles. The van der Waals surface area contributed by atoms with Crippen LogP contribution < -0.4 is 10.9 Å². The van der Waals surface area contributed by atoms with Gasteiger partial charge < -0.3 is 14.8 Å². The van der Waals surface area contributed by atoms with Gasteiger partial charge in [-0.25, -0.2) is 4.79 Å². The van der Waals surface area contributed by atoms with Gasteiger partial charge in [-0.3, -0.25) is 20.4 Å². The van der Waals surface area contributed by atoms with E-state index in [1.165, 1.54) is 12.1 Å². The third-order valence-electron chi connectivity index (χ3n) is 3.87. The van der Waals surface area contributed by atoms with Crippen LogP contribution in [-0.4, -0.2) is 34.5 Å². The molecule has 0 saturated heterocycles. The molecule has 0 bridgehead atoms. The molecule has 0 aliphatic rings. The smallest absolute Gasteiger partial charge is 0.355 e. The molecule has 0 spiro atoms. The summed E-state index contributed by atoms with van der Waals surface area (Å²) < 4.78 is 4.94. The highest BCUT2D eigenvalue weighted by Gasteiger charge is 2.21. The first kappa shape index (κ1) is 20.5. The van der Waals surface area contributed by atoms with Crippen molar-refractivity contribution < 1.29 is 24.2 Å². The summed E-state index contributed by atoms with van der Waals surface area (Å²) in [5.74, 6) is -1.98. The molecule has 0 aliphatic heterocycles. The van der Waals surface area contributed by atoms with Gasteiger partial charge in [0, 0.05) is 21.8 Å². The number of hydrazine groups is 1. The average molecular weight is 394 g/mol. The van der Waals surface area contributed by atoms with Gasteiger partial charge in [0.1, 0.15) is 5.69 Å². The van der Waals surface area contributed by atoms with Crippen LogP contribution >= 0.6 is 11.6 Å². The Bertz CT molecular complexity index is 859. The molecule has 1 heterocycles. The van der Waals surface area contributed by atoms with E-state index in [4.69, 9.17) is 16.3 Å². The summed E-state index contributed by atoms with van der Waals surface area (Å²) in [4.78, 5) is 38.6. The zero-order valence-electron chi connectivity index (χ0n) is 15.1. The van der Waals surface area contributed by atoms with Crippen molar-refractivity contribution in [3.63, 3.8) is 0 Å². The third kappa shape index (κ3) is 5.08. The largest absolute Gasteiger partial charge is 0.451 e. The quantitative estimate of drug-likeness (QED) is 0.457. The van der Waals surface area contributed by atoms with Crippen molar-refractivity contribution in [2.24, 2.45) is 0 Å². The number of benzene rings is 1. The van der Waals surface area contributed by atoms with Crippen molar-refractivity contribution in [3.05, 3.63) is 57.4 Å². The summed E-state index contributed by atoms with van der Waals surface area (Å²) in [5, 5.41) is 10.2. The Labute approximate surface area is 160 Å². The van der Waals surface area contributed by atoms with Gasteiger partial charge in [-0.1, -0.05) is 11.6 Å². The second kappa shape index (κ2) is 8.70. The number of aliphatic hydroxyl groups is 1. The number of carbonyl (C=O) groups is 3. The van der Waals surface area contributed by atoms with E-state index in [1.807, 2.05) is 0 Å². The van der Waals surface area contributed by atoms with Crippen molar-refractivity contribution in [2.75, 3.05) is 6.61 Å². The second-order valence-corrected chi connectivity index (χ2v) is 6.36. The predicted octanol–water partition coefficient (Wildman–Crippen LogP) is 1.96. The fraction of sp³-hybridized carbons (Fsp3) is 0.278. The van der Waals surface area contributed by atoms with Crippen LogP contribution in [0.1, 0.15) is 50.7 Å². The number of aliphatic hydroxyl groups excluding tert-OH is 1. The lowest BCUT2D eigenvalue weighted by molar-refractivity contribution is -0.125. The number of carbonyl (C=O) groups excluding carboxylic acids is 3. The molecular formula is C18H20ClN3O5. The first-order valence-electron chi connectivity index (χ1n) is 8.09. The summed E-state index contributed by atoms with van der Waals surface area (Å²) >= 11 is 5.74. The molecule has 0 saturated carbocycles. The number of aromatic nitrogens is 1. The Kier molecular flexibility index (Phi) is 6.59. The number of amides is 2. The van der Waals surface area contributed by atoms with Crippen molar-refractivity contribution >= 4 is 29.4 Å². The first-order chi connectivity index (χ1) is 12.7. The van der Waals surface area contributed by atoms with Crippen LogP contribution in [0.15, 0.2) is 24.3 Å². The maximum atomic E-state index is 12.1. The molecule has 144 valence electrons. The van der Waals surface area contributed by atoms with Crippen molar-refractivity contribution in [3.8, 4) is 0 Å². The van der Waals surface area contributed by atoms with Crippen LogP contribution in [0, 0.1) is 13.8 Å². The molecular weight excluding hydrogens is 374 g/mol. The summed E-state index contributed by atoms with van der Waals surface area (Å²) in [6.45, 7) is 4.41. The van der Waals surface area contributed by atoms with Crippen LogP contribution in [0.5, 0.6) is 0 Å². The molecule has 27 heavy (non-hydrogen) atoms. The summed E-state index contributed by atoms with van der Waals surface area (Å²) in [6.07, 6.45) is -0.742. The maximum absolute atomic E-state index is 12.1. The maximum Gasteiger partial charge on any atom is 0.355 e. The topological polar surface area (TPSA) is 121 Å². The van der Waals surface area contributed by atoms with Gasteiger partial charge in [0.25, 0.3) is 11.8 Å². The summed E-state index contributed by atoms with van der Waals surface area (Å²) in [5.41, 5.74) is 6.65. The number of aryl methyl sites for hydroxylation is 1. The molecule has 0 fully saturated rings. The number of ether oxygens (including phenoxy) is 1. The molecule has 1 aromatic carbocycles. The van der Waals surface area contributed by atoms with E-state index in [0.717, 1.165) is 0 Å². The lowest BCUT2D eigenvalue weighted by Crippen LogP contribution is -2.43. The lowest BCUT2D eigenvalue weighted by Gasteiger charge is -2.08. The van der Waals surface area contributed by atoms with Gasteiger partial charge in [0.05, 0.1) is 6.10 Å². The predicted molar refractivity (Wildman–Crippen MR) is 98.2 cm³/mol. The summed E-state index contributed by atoms with van der Waals surface area (Å²) in [7, 11) is 0. The lowest BCUT2D eigenvalue weighted by atomic mass is 10.1. The third-order valence-corrected chi connectivity index (χ3v) is 4.13. The van der Waals surface area contributed by atoms with Crippen LogP contribution in [0.25, 0.3) is 0 Å². The minimum Gasteiger partial charge on any atom is -0.451 e. The molecule has 0 unspecified atom stereocenters. The van der Waals surface area contributed by atoms with Crippen LogP contribution in [0.2, 0.25) is 5.02 Å². The van der Waals surface area contributed by atoms with E-state index in [1.54, 1.807) is 32.9 Å². The van der Waals surface area contributed by atoms with Crippen molar-refractivity contribution in [2.45, 2.75) is 26.9 Å². The highest BCUT2D eigenvalue weighted by atomic mass is 35.5. The molecule has 1 atom stereocenters. The van der Waals surface area contributed by atoms with Gasteiger partial charge >= 0.3 is 5.97 Å². The van der Waals surface area contributed by atoms with Gasteiger partial charge in [-0.15, -0.1) is 0 Å². The standard InChI is InChI=1S/C18H20ClN3O5/c1-9-15(11(3)23)10(2)20-16(9)18(26)27-8-14(24)21-22-17(25)12-4-6-13(19)7-5-12/h4-7,11,20,23H,8H2,1-3H3,(H,21,24)(H,22,25)/t11-/m0/s1. The molecule has 0 radical (unpaired) electrons. The van der Waals surface area contributed by atoms with Crippen LogP contribution in [-0.2, 0) is 9.53 Å². The zero-order chi connectivity index (χ0) is 20.1. The number of rotatable bonds is 5. The highest BCUT2D eigenvalue weighted by Crippen LogP contribution is 2.24. The van der Waals surface area contributed by atoms with Crippen LogP contribution in [0.3, 0.4) is 0 Å². The fourth-order valence-electron chi connectivity index (χ4n) is 2.63. The Balaban J connectivity index is 1.86. The molecule has 2 rings (SSSR count). The minimum atomic E-state index is -0.742. The number of hydrogen-bond donors (Lipinski definition) is 4. The van der Waals surface area contributed by atoms with Gasteiger partial charge in [0.15, 0.2) is 6.61 Å². The molecule has 2 aromatic rings. The fourth-order valence-corrected chi connectivity index (χ4v) is 2.76. The van der Waals surface area contributed by atoms with Gasteiger partial charge in [-0.05, 0) is 50.6 Å². The number of halogens is 1. The minimum absolute atomic E-state index is 0.168.